The number of rotatable bonds is 6. The minimum Gasteiger partial charge on any atom is -0.749 e. The number of carbonyl (C=O) groups excluding carboxylic acids is 1. The fourth-order valence-electron chi connectivity index (χ4n) is 2.15. The molecular weight excluding hydrogens is 266 g/mol. The van der Waals surface area contributed by atoms with E-state index in [2.05, 4.69) is 11.2 Å². The van der Waals surface area contributed by atoms with Crippen molar-refractivity contribution in [3.8, 4) is 0 Å². The number of quaternary nitrogens is 1. The smallest absolute Gasteiger partial charge is 0.324 e. The summed E-state index contributed by atoms with van der Waals surface area (Å²) in [6.45, 7) is 2.79. The molecule has 1 aliphatic rings. The van der Waals surface area contributed by atoms with Crippen molar-refractivity contribution >= 4 is 18.1 Å². The van der Waals surface area contributed by atoms with E-state index in [0.717, 1.165) is 19.4 Å². The topological polar surface area (TPSA) is 67.2 Å². The van der Waals surface area contributed by atoms with E-state index >= 15 is 0 Å². The van der Waals surface area contributed by atoms with Gasteiger partial charge in [-0.15, -0.1) is 0 Å². The van der Waals surface area contributed by atoms with E-state index in [0.29, 0.717) is 45.0 Å². The van der Waals surface area contributed by atoms with Gasteiger partial charge in [0.2, 0.25) is 0 Å². The molecule has 2 rings (SSSR count). The van der Waals surface area contributed by atoms with E-state index < -0.39 is 0 Å². The third-order valence-electron chi connectivity index (χ3n) is 3.35. The molecule has 1 aromatic rings. The molecule has 1 aliphatic heterocycles. The normalized spacial score (nSPS) is 18.4. The Kier molecular flexibility index (Phi) is 5.38. The molecule has 0 bridgehead atoms. The van der Waals surface area contributed by atoms with Crippen LogP contribution in [-0.4, -0.2) is 50.2 Å². The van der Waals surface area contributed by atoms with Crippen molar-refractivity contribution in [2.24, 2.45) is 0 Å². The lowest BCUT2D eigenvalue weighted by atomic mass is 10.2. The van der Waals surface area contributed by atoms with Crippen molar-refractivity contribution in [1.82, 2.24) is 9.55 Å². The Balaban J connectivity index is 1.73. The number of amides is 1. The standard InChI is InChI=1S/C12H18N3O3S/c16-12(15(19-17)7-9-18-10-8-15)3-1-2-5-14-6-4-13-11-14/h6,11H,1-3,5,7-10H2. The van der Waals surface area contributed by atoms with E-state index in [1.54, 1.807) is 12.5 Å². The maximum atomic E-state index is 12.2. The van der Waals surface area contributed by atoms with E-state index in [9.17, 15) is 9.35 Å². The molecule has 2 heterocycles. The average Bonchev–Trinajstić information content (AvgIpc) is 2.97. The summed E-state index contributed by atoms with van der Waals surface area (Å²) in [5.41, 5.74) is 0. The highest BCUT2D eigenvalue weighted by molar-refractivity contribution is 7.88. The van der Waals surface area contributed by atoms with Crippen molar-refractivity contribution in [2.45, 2.75) is 25.8 Å². The second kappa shape index (κ2) is 7.04. The van der Waals surface area contributed by atoms with Crippen LogP contribution in [-0.2, 0) is 16.1 Å². The Morgan fingerprint density at radius 2 is 2.26 bits per heavy atom. The van der Waals surface area contributed by atoms with Crippen molar-refractivity contribution in [1.29, 1.82) is 0 Å². The molecule has 0 aromatic carbocycles. The first-order chi connectivity index (χ1) is 9.27. The van der Waals surface area contributed by atoms with E-state index in [4.69, 9.17) is 4.74 Å². The summed E-state index contributed by atoms with van der Waals surface area (Å²) in [6, 6.07) is 0. The number of imidazole rings is 1. The molecule has 1 fully saturated rings. The predicted octanol–water partition coefficient (Wildman–Crippen LogP) is 1.01. The van der Waals surface area contributed by atoms with Crippen molar-refractivity contribution in [2.75, 3.05) is 26.3 Å². The van der Waals surface area contributed by atoms with Gasteiger partial charge in [0.25, 0.3) is 0 Å². The van der Waals surface area contributed by atoms with Gasteiger partial charge in [-0.2, -0.15) is 0 Å². The Morgan fingerprint density at radius 1 is 1.47 bits per heavy atom. The highest BCUT2D eigenvalue weighted by Gasteiger charge is 2.36. The minimum atomic E-state index is -0.0289. The maximum absolute atomic E-state index is 12.2. The number of morpholine rings is 1. The largest absolute Gasteiger partial charge is 0.749 e. The van der Waals surface area contributed by atoms with Gasteiger partial charge in [0.15, 0.2) is 0 Å². The Labute approximate surface area is 117 Å². The number of aromatic nitrogens is 2. The zero-order valence-corrected chi connectivity index (χ0v) is 11.6. The van der Waals surface area contributed by atoms with Crippen LogP contribution >= 0.6 is 12.2 Å². The molecule has 6 nitrogen and oxygen atoms in total. The van der Waals surface area contributed by atoms with Gasteiger partial charge in [-0.05, 0) is 12.8 Å². The molecule has 0 unspecified atom stereocenters. The van der Waals surface area contributed by atoms with Gasteiger partial charge < -0.3 is 13.9 Å². The summed E-state index contributed by atoms with van der Waals surface area (Å²) in [7, 11) is 0. The fourth-order valence-corrected chi connectivity index (χ4v) is 2.62. The van der Waals surface area contributed by atoms with Crippen LogP contribution in [0.1, 0.15) is 19.3 Å². The first-order valence-corrected chi connectivity index (χ1v) is 7.14. The molecule has 0 spiro atoms. The second-order valence-electron chi connectivity index (χ2n) is 4.61. The summed E-state index contributed by atoms with van der Waals surface area (Å²) in [5, 5.41) is 0. The maximum Gasteiger partial charge on any atom is 0.324 e. The second-order valence-corrected chi connectivity index (χ2v) is 5.46. The molecule has 1 saturated heterocycles. The minimum absolute atomic E-state index is 0.0282. The molecule has 0 N–H and O–H groups in total. The van der Waals surface area contributed by atoms with Crippen LogP contribution in [0.2, 0.25) is 0 Å². The molecule has 1 radical (unpaired) electrons. The van der Waals surface area contributed by atoms with Gasteiger partial charge in [-0.1, -0.05) is 0 Å². The van der Waals surface area contributed by atoms with Gasteiger partial charge in [-0.25, -0.2) is 13.7 Å². The molecule has 1 aromatic heterocycles. The molecule has 105 valence electrons. The van der Waals surface area contributed by atoms with Crippen LogP contribution in [0.3, 0.4) is 0 Å². The Bertz CT molecular complexity index is 391. The monoisotopic (exact) mass is 284 g/mol. The lowest BCUT2D eigenvalue weighted by Gasteiger charge is -2.38. The fraction of sp³-hybridized carbons (Fsp3) is 0.667. The van der Waals surface area contributed by atoms with E-state index in [-0.39, 0.29) is 9.80 Å². The van der Waals surface area contributed by atoms with Crippen molar-refractivity contribution < 1.29 is 18.0 Å². The SMILES string of the molecule is O=C(CCCCn1c[c]nc1)[N+]1(S[O-])CCOCC1. The number of carbonyl (C=O) groups is 1. The lowest BCUT2D eigenvalue weighted by molar-refractivity contribution is -0.733. The summed E-state index contributed by atoms with van der Waals surface area (Å²) in [5.74, 6) is 0.0282. The van der Waals surface area contributed by atoms with Crippen molar-refractivity contribution in [3.05, 3.63) is 18.7 Å². The zero-order chi connectivity index (χ0) is 13.6. The highest BCUT2D eigenvalue weighted by Crippen LogP contribution is 2.24. The van der Waals surface area contributed by atoms with Crippen LogP contribution in [0.4, 0.5) is 0 Å². The molecule has 19 heavy (non-hydrogen) atoms. The number of aryl methyl sites for hydroxylation is 1. The van der Waals surface area contributed by atoms with Gasteiger partial charge in [0, 0.05) is 25.0 Å². The van der Waals surface area contributed by atoms with Crippen LogP contribution < -0.4 is 0 Å². The number of hydrogen-bond acceptors (Lipinski definition) is 5. The molecule has 0 atom stereocenters. The first-order valence-electron chi connectivity index (χ1n) is 6.44. The molecular formula is C12H18N3O3S. The van der Waals surface area contributed by atoms with Crippen molar-refractivity contribution in [3.63, 3.8) is 0 Å². The summed E-state index contributed by atoms with van der Waals surface area (Å²) in [4.78, 5) is 16.0. The van der Waals surface area contributed by atoms with E-state index in [1.165, 1.54) is 0 Å². The summed E-state index contributed by atoms with van der Waals surface area (Å²) >= 11 is 0.395. The van der Waals surface area contributed by atoms with Gasteiger partial charge >= 0.3 is 5.91 Å². The predicted molar refractivity (Wildman–Crippen MR) is 69.1 cm³/mol. The van der Waals surface area contributed by atoms with Crippen LogP contribution in [0.25, 0.3) is 0 Å². The number of hydrogen-bond donors (Lipinski definition) is 0. The van der Waals surface area contributed by atoms with E-state index in [1.807, 2.05) is 4.57 Å². The van der Waals surface area contributed by atoms with Crippen LogP contribution in [0, 0.1) is 6.20 Å². The Hall–Kier alpha value is -0.890. The van der Waals surface area contributed by atoms with Crippen LogP contribution in [0.15, 0.2) is 12.5 Å². The molecule has 1 amide bonds. The summed E-state index contributed by atoms with van der Waals surface area (Å²) in [6.07, 6.45) is 8.37. The quantitative estimate of drug-likeness (QED) is 0.337. The van der Waals surface area contributed by atoms with Crippen LogP contribution in [0.5, 0.6) is 0 Å². The molecule has 0 aliphatic carbocycles. The van der Waals surface area contributed by atoms with Gasteiger partial charge in [0.05, 0.1) is 26.0 Å². The third-order valence-corrected chi connectivity index (χ3v) is 4.21. The molecule has 0 saturated carbocycles. The number of unbranched alkanes of at least 4 members (excludes halogenated alkanes) is 1. The lowest BCUT2D eigenvalue weighted by Crippen LogP contribution is -2.53. The Morgan fingerprint density at radius 3 is 2.89 bits per heavy atom. The summed E-state index contributed by atoms with van der Waals surface area (Å²) < 4.78 is 18.4. The third kappa shape index (κ3) is 3.79. The highest BCUT2D eigenvalue weighted by atomic mass is 32.2. The zero-order valence-electron chi connectivity index (χ0n) is 10.8. The first kappa shape index (κ1) is 14.5. The molecule has 7 heteroatoms. The van der Waals surface area contributed by atoms with Gasteiger partial charge in [0.1, 0.15) is 19.3 Å². The van der Waals surface area contributed by atoms with Gasteiger partial charge in [-0.3, -0.25) is 0 Å². The number of ether oxygens (including phenoxy) is 1. The average molecular weight is 284 g/mol. The number of nitrogens with zero attached hydrogens (tertiary/aromatic N) is 3.